The molecule has 0 spiro atoms. The zero-order valence-electron chi connectivity index (χ0n) is 19.1. The number of anilines is 1. The van der Waals surface area contributed by atoms with E-state index in [1.165, 1.54) is 11.1 Å². The molecule has 6 heteroatoms. The van der Waals surface area contributed by atoms with Crippen LogP contribution in [-0.2, 0) is 6.54 Å². The summed E-state index contributed by atoms with van der Waals surface area (Å²) in [5.41, 5.74) is 11.7. The van der Waals surface area contributed by atoms with Gasteiger partial charge in [0.2, 0.25) is 11.9 Å². The third kappa shape index (κ3) is 4.97. The van der Waals surface area contributed by atoms with Crippen molar-refractivity contribution >= 4 is 11.9 Å². The van der Waals surface area contributed by atoms with Crippen LogP contribution in [-0.4, -0.2) is 48.0 Å². The van der Waals surface area contributed by atoms with Crippen LogP contribution in [0, 0.1) is 6.92 Å². The fourth-order valence-corrected chi connectivity index (χ4v) is 4.44. The van der Waals surface area contributed by atoms with Gasteiger partial charge >= 0.3 is 0 Å². The van der Waals surface area contributed by atoms with Crippen LogP contribution < -0.4 is 10.6 Å². The summed E-state index contributed by atoms with van der Waals surface area (Å²) in [6.07, 6.45) is 4.15. The number of likely N-dealkylation sites (tertiary alicyclic amines) is 1. The van der Waals surface area contributed by atoms with Crippen LogP contribution in [0.15, 0.2) is 54.7 Å². The maximum Gasteiger partial charge on any atom is 0.248 e. The Hall–Kier alpha value is -3.25. The predicted molar refractivity (Wildman–Crippen MR) is 129 cm³/mol. The highest BCUT2D eigenvalue weighted by Gasteiger charge is 2.26. The van der Waals surface area contributed by atoms with Crippen molar-refractivity contribution in [2.45, 2.75) is 32.2 Å². The van der Waals surface area contributed by atoms with Gasteiger partial charge < -0.3 is 10.6 Å². The number of carbonyl (C=O) groups is 1. The number of piperidine rings is 1. The van der Waals surface area contributed by atoms with Crippen LogP contribution in [0.1, 0.15) is 45.9 Å². The fourth-order valence-electron chi connectivity index (χ4n) is 4.44. The average Bonchev–Trinajstić information content (AvgIpc) is 2.79. The standard InChI is InChI=1S/C26H31N5O/c1-18-6-4-7-19(14-18)16-31-13-5-8-22(17-31)24-23(15-28-26(29-24)30(2)3)20-9-11-21(12-10-20)25(27)32/h4,6-7,9-12,14-15,22H,5,8,13,16-17H2,1-3H3,(H2,27,32)/t22-/m1/s1. The summed E-state index contributed by atoms with van der Waals surface area (Å²) >= 11 is 0. The zero-order valence-corrected chi connectivity index (χ0v) is 19.1. The molecule has 0 saturated carbocycles. The minimum atomic E-state index is -0.421. The predicted octanol–water partition coefficient (Wildman–Crippen LogP) is 4.00. The summed E-state index contributed by atoms with van der Waals surface area (Å²) in [6, 6.07) is 16.2. The molecule has 6 nitrogen and oxygen atoms in total. The largest absolute Gasteiger partial charge is 0.366 e. The maximum absolute atomic E-state index is 11.5. The molecule has 2 N–H and O–H groups in total. The minimum absolute atomic E-state index is 0.320. The van der Waals surface area contributed by atoms with Gasteiger partial charge in [0, 0.05) is 50.4 Å². The Morgan fingerprint density at radius 1 is 1.19 bits per heavy atom. The van der Waals surface area contributed by atoms with Crippen molar-refractivity contribution in [3.63, 3.8) is 0 Å². The van der Waals surface area contributed by atoms with Crippen LogP contribution in [0.4, 0.5) is 5.95 Å². The van der Waals surface area contributed by atoms with Gasteiger partial charge in [-0.1, -0.05) is 42.0 Å². The Bertz CT molecular complexity index is 1090. The zero-order chi connectivity index (χ0) is 22.7. The molecule has 4 rings (SSSR count). The Morgan fingerprint density at radius 3 is 2.66 bits per heavy atom. The summed E-state index contributed by atoms with van der Waals surface area (Å²) in [5, 5.41) is 0. The topological polar surface area (TPSA) is 75.3 Å². The SMILES string of the molecule is Cc1cccc(CN2CCC[C@@H](c3nc(N(C)C)ncc3-c3ccc(C(N)=O)cc3)C2)c1. The lowest BCUT2D eigenvalue weighted by Crippen LogP contribution is -2.34. The normalized spacial score (nSPS) is 16.7. The van der Waals surface area contributed by atoms with Gasteiger partial charge in [0.1, 0.15) is 0 Å². The molecule has 166 valence electrons. The van der Waals surface area contributed by atoms with E-state index in [0.29, 0.717) is 17.4 Å². The monoisotopic (exact) mass is 429 g/mol. The van der Waals surface area contributed by atoms with Crippen LogP contribution in [0.25, 0.3) is 11.1 Å². The summed E-state index contributed by atoms with van der Waals surface area (Å²) in [6.45, 7) is 5.15. The van der Waals surface area contributed by atoms with Gasteiger partial charge in [0.25, 0.3) is 0 Å². The molecule has 0 unspecified atom stereocenters. The molecular weight excluding hydrogens is 398 g/mol. The number of hydrogen-bond acceptors (Lipinski definition) is 5. The van der Waals surface area contributed by atoms with Gasteiger partial charge in [-0.2, -0.15) is 0 Å². The average molecular weight is 430 g/mol. The van der Waals surface area contributed by atoms with E-state index in [1.807, 2.05) is 37.3 Å². The number of hydrogen-bond donors (Lipinski definition) is 1. The van der Waals surface area contributed by atoms with E-state index in [2.05, 4.69) is 41.1 Å². The molecular formula is C26H31N5O. The second-order valence-electron chi connectivity index (χ2n) is 8.87. The van der Waals surface area contributed by atoms with Crippen LogP contribution in [0.5, 0.6) is 0 Å². The summed E-state index contributed by atoms with van der Waals surface area (Å²) in [7, 11) is 3.93. The Morgan fingerprint density at radius 2 is 1.97 bits per heavy atom. The van der Waals surface area contributed by atoms with Crippen molar-refractivity contribution in [2.75, 3.05) is 32.1 Å². The van der Waals surface area contributed by atoms with Crippen molar-refractivity contribution in [1.29, 1.82) is 0 Å². The molecule has 1 amide bonds. The van der Waals surface area contributed by atoms with Gasteiger partial charge in [0.05, 0.1) is 5.69 Å². The van der Waals surface area contributed by atoms with Crippen molar-refractivity contribution in [3.05, 3.63) is 77.1 Å². The number of benzene rings is 2. The number of aromatic nitrogens is 2. The minimum Gasteiger partial charge on any atom is -0.366 e. The lowest BCUT2D eigenvalue weighted by Gasteiger charge is -2.33. The fraction of sp³-hybridized carbons (Fsp3) is 0.346. The summed E-state index contributed by atoms with van der Waals surface area (Å²) in [5.74, 6) is 0.615. The van der Waals surface area contributed by atoms with Crippen molar-refractivity contribution in [1.82, 2.24) is 14.9 Å². The number of rotatable bonds is 6. The van der Waals surface area contributed by atoms with Gasteiger partial charge in [-0.25, -0.2) is 9.97 Å². The lowest BCUT2D eigenvalue weighted by molar-refractivity contribution is 0.100. The van der Waals surface area contributed by atoms with Gasteiger partial charge in [-0.05, 0) is 49.6 Å². The summed E-state index contributed by atoms with van der Waals surface area (Å²) < 4.78 is 0. The number of nitrogens with zero attached hydrogens (tertiary/aromatic N) is 4. The number of amides is 1. The first-order chi connectivity index (χ1) is 15.4. The van der Waals surface area contributed by atoms with E-state index in [1.54, 1.807) is 12.1 Å². The van der Waals surface area contributed by atoms with Crippen LogP contribution in [0.3, 0.4) is 0 Å². The smallest absolute Gasteiger partial charge is 0.248 e. The van der Waals surface area contributed by atoms with Gasteiger partial charge in [-0.15, -0.1) is 0 Å². The van der Waals surface area contributed by atoms with E-state index >= 15 is 0 Å². The van der Waals surface area contributed by atoms with E-state index in [0.717, 1.165) is 49.3 Å². The number of carbonyl (C=O) groups excluding carboxylic acids is 1. The quantitative estimate of drug-likeness (QED) is 0.641. The molecule has 32 heavy (non-hydrogen) atoms. The van der Waals surface area contributed by atoms with Gasteiger partial charge in [-0.3, -0.25) is 9.69 Å². The lowest BCUT2D eigenvalue weighted by atomic mass is 9.89. The Balaban J connectivity index is 1.64. The molecule has 1 saturated heterocycles. The highest BCUT2D eigenvalue weighted by atomic mass is 16.1. The molecule has 1 atom stereocenters. The first-order valence-electron chi connectivity index (χ1n) is 11.1. The third-order valence-electron chi connectivity index (χ3n) is 6.07. The molecule has 0 aliphatic carbocycles. The highest BCUT2D eigenvalue weighted by molar-refractivity contribution is 5.93. The second kappa shape index (κ2) is 9.49. The molecule has 1 fully saturated rings. The molecule has 1 aliphatic rings. The first kappa shape index (κ1) is 22.0. The number of aryl methyl sites for hydroxylation is 1. The highest BCUT2D eigenvalue weighted by Crippen LogP contribution is 2.34. The van der Waals surface area contributed by atoms with Crippen molar-refractivity contribution < 1.29 is 4.79 Å². The van der Waals surface area contributed by atoms with Crippen molar-refractivity contribution in [2.24, 2.45) is 5.73 Å². The molecule has 0 radical (unpaired) electrons. The second-order valence-corrected chi connectivity index (χ2v) is 8.87. The van der Waals surface area contributed by atoms with E-state index < -0.39 is 5.91 Å². The Labute approximate surface area is 190 Å². The number of primary amides is 1. The Kier molecular flexibility index (Phi) is 6.51. The molecule has 1 aliphatic heterocycles. The number of nitrogens with two attached hydrogens (primary N) is 1. The summed E-state index contributed by atoms with van der Waals surface area (Å²) in [4.78, 5) is 25.5. The van der Waals surface area contributed by atoms with E-state index in [9.17, 15) is 4.79 Å². The van der Waals surface area contributed by atoms with E-state index in [4.69, 9.17) is 10.7 Å². The molecule has 1 aromatic heterocycles. The molecule has 0 bridgehead atoms. The van der Waals surface area contributed by atoms with Crippen molar-refractivity contribution in [3.8, 4) is 11.1 Å². The van der Waals surface area contributed by atoms with Gasteiger partial charge in [0.15, 0.2) is 0 Å². The molecule has 2 aromatic carbocycles. The van der Waals surface area contributed by atoms with E-state index in [-0.39, 0.29) is 0 Å². The van der Waals surface area contributed by atoms with Crippen LogP contribution in [0.2, 0.25) is 0 Å². The maximum atomic E-state index is 11.5. The molecule has 3 aromatic rings. The molecule has 2 heterocycles. The first-order valence-corrected chi connectivity index (χ1v) is 11.1. The van der Waals surface area contributed by atoms with Crippen LogP contribution >= 0.6 is 0 Å². The third-order valence-corrected chi connectivity index (χ3v) is 6.07.